The van der Waals surface area contributed by atoms with Crippen molar-refractivity contribution in [3.63, 3.8) is 0 Å². The standard InChI is InChI=1S/C18H22N2O3S/c21-24(22,12-16-10-18(13-23-16)7-3-8-18)20-11-15-5-1-4-14-6-2-9-19-17(14)15/h1-2,4-6,9,16,20H,3,7-8,10-13H2. The highest BCUT2D eigenvalue weighted by Gasteiger charge is 2.45. The second kappa shape index (κ2) is 6.10. The van der Waals surface area contributed by atoms with Crippen LogP contribution < -0.4 is 4.72 Å². The highest BCUT2D eigenvalue weighted by Crippen LogP contribution is 2.49. The smallest absolute Gasteiger partial charge is 0.214 e. The van der Waals surface area contributed by atoms with Crippen LogP contribution >= 0.6 is 0 Å². The topological polar surface area (TPSA) is 68.3 Å². The Kier molecular flexibility index (Phi) is 4.06. The number of ether oxygens (including phenoxy) is 1. The summed E-state index contributed by atoms with van der Waals surface area (Å²) in [6.45, 7) is 0.981. The molecule has 1 unspecified atom stereocenters. The summed E-state index contributed by atoms with van der Waals surface area (Å²) in [5.41, 5.74) is 2.01. The third kappa shape index (κ3) is 3.18. The van der Waals surface area contributed by atoms with E-state index < -0.39 is 10.0 Å². The number of nitrogens with one attached hydrogen (secondary N) is 1. The molecule has 1 aliphatic heterocycles. The van der Waals surface area contributed by atoms with Crippen LogP contribution in [-0.2, 0) is 21.3 Å². The van der Waals surface area contributed by atoms with Gasteiger partial charge in [0.25, 0.3) is 0 Å². The van der Waals surface area contributed by atoms with Crippen LogP contribution in [0.25, 0.3) is 10.9 Å². The SMILES string of the molecule is O=S(=O)(CC1CC2(CCC2)CO1)NCc1cccc2cccnc12. The fourth-order valence-electron chi connectivity index (χ4n) is 3.83. The predicted octanol–water partition coefficient (Wildman–Crippen LogP) is 2.61. The normalized spacial score (nSPS) is 22.8. The van der Waals surface area contributed by atoms with E-state index in [0.717, 1.165) is 29.5 Å². The second-order valence-electron chi connectivity index (χ2n) is 7.09. The summed E-state index contributed by atoms with van der Waals surface area (Å²) in [5.74, 6) is 0.0486. The Labute approximate surface area is 142 Å². The number of hydrogen-bond donors (Lipinski definition) is 1. The zero-order valence-corrected chi connectivity index (χ0v) is 14.4. The molecule has 2 fully saturated rings. The third-order valence-corrected chi connectivity index (χ3v) is 6.70. The monoisotopic (exact) mass is 346 g/mol. The van der Waals surface area contributed by atoms with Gasteiger partial charge in [0.15, 0.2) is 0 Å². The molecule has 1 N–H and O–H groups in total. The molecule has 5 nitrogen and oxygen atoms in total. The van der Waals surface area contributed by atoms with Gasteiger partial charge < -0.3 is 4.74 Å². The van der Waals surface area contributed by atoms with Crippen molar-refractivity contribution in [2.24, 2.45) is 5.41 Å². The molecule has 2 aliphatic rings. The highest BCUT2D eigenvalue weighted by atomic mass is 32.2. The summed E-state index contributed by atoms with van der Waals surface area (Å²) in [4.78, 5) is 4.36. The van der Waals surface area contributed by atoms with E-state index in [2.05, 4.69) is 9.71 Å². The molecule has 0 bridgehead atoms. The Morgan fingerprint density at radius 2 is 2.08 bits per heavy atom. The van der Waals surface area contributed by atoms with E-state index in [1.54, 1.807) is 6.20 Å². The first-order valence-corrected chi connectivity index (χ1v) is 10.1. The molecule has 128 valence electrons. The number of fused-ring (bicyclic) bond motifs is 1. The van der Waals surface area contributed by atoms with Gasteiger partial charge in [-0.15, -0.1) is 0 Å². The zero-order chi connectivity index (χ0) is 16.6. The van der Waals surface area contributed by atoms with Crippen molar-refractivity contribution in [2.75, 3.05) is 12.4 Å². The van der Waals surface area contributed by atoms with Gasteiger partial charge in [0.1, 0.15) is 0 Å². The Bertz CT molecular complexity index is 841. The lowest BCUT2D eigenvalue weighted by Gasteiger charge is -2.36. The summed E-state index contributed by atoms with van der Waals surface area (Å²) < 4.78 is 33.3. The van der Waals surface area contributed by atoms with Crippen LogP contribution in [0.5, 0.6) is 0 Å². The fraction of sp³-hybridized carbons (Fsp3) is 0.500. The number of nitrogens with zero attached hydrogens (tertiary/aromatic N) is 1. The Morgan fingerprint density at radius 1 is 1.25 bits per heavy atom. The van der Waals surface area contributed by atoms with E-state index >= 15 is 0 Å². The van der Waals surface area contributed by atoms with Gasteiger partial charge in [-0.3, -0.25) is 4.98 Å². The zero-order valence-electron chi connectivity index (χ0n) is 13.6. The maximum Gasteiger partial charge on any atom is 0.214 e. The van der Waals surface area contributed by atoms with E-state index in [9.17, 15) is 8.42 Å². The lowest BCUT2D eigenvalue weighted by atomic mass is 9.68. The Balaban J connectivity index is 1.41. The molecular weight excluding hydrogens is 324 g/mol. The predicted molar refractivity (Wildman–Crippen MR) is 93.0 cm³/mol. The van der Waals surface area contributed by atoms with Crippen LogP contribution in [0.3, 0.4) is 0 Å². The summed E-state index contributed by atoms with van der Waals surface area (Å²) in [5, 5.41) is 1.01. The molecule has 6 heteroatoms. The van der Waals surface area contributed by atoms with Crippen LogP contribution in [0.15, 0.2) is 36.5 Å². The molecule has 1 aromatic heterocycles. The Morgan fingerprint density at radius 3 is 2.83 bits per heavy atom. The first-order chi connectivity index (χ1) is 11.6. The van der Waals surface area contributed by atoms with Crippen molar-refractivity contribution in [1.29, 1.82) is 0 Å². The van der Waals surface area contributed by atoms with Crippen molar-refractivity contribution in [1.82, 2.24) is 9.71 Å². The minimum absolute atomic E-state index is 0.0486. The molecular formula is C18H22N2O3S. The molecule has 1 aliphatic carbocycles. The molecule has 1 saturated carbocycles. The van der Waals surface area contributed by atoms with Gasteiger partial charge in [-0.25, -0.2) is 13.1 Å². The van der Waals surface area contributed by atoms with Crippen molar-refractivity contribution in [3.8, 4) is 0 Å². The first kappa shape index (κ1) is 16.0. The summed E-state index contributed by atoms with van der Waals surface area (Å²) in [6.07, 6.45) is 6.04. The van der Waals surface area contributed by atoms with E-state index in [4.69, 9.17) is 4.74 Å². The Hall–Kier alpha value is -1.50. The van der Waals surface area contributed by atoms with Gasteiger partial charge in [0, 0.05) is 18.1 Å². The molecule has 4 rings (SSSR count). The average molecular weight is 346 g/mol. The lowest BCUT2D eigenvalue weighted by molar-refractivity contribution is 0.0750. The van der Waals surface area contributed by atoms with Gasteiger partial charge in [-0.1, -0.05) is 30.7 Å². The molecule has 1 aromatic carbocycles. The lowest BCUT2D eigenvalue weighted by Crippen LogP contribution is -2.33. The minimum Gasteiger partial charge on any atom is -0.377 e. The van der Waals surface area contributed by atoms with Crippen molar-refractivity contribution in [3.05, 3.63) is 42.1 Å². The van der Waals surface area contributed by atoms with Gasteiger partial charge in [0.05, 0.1) is 24.0 Å². The maximum atomic E-state index is 12.4. The summed E-state index contributed by atoms with van der Waals surface area (Å²) >= 11 is 0. The molecule has 1 atom stereocenters. The highest BCUT2D eigenvalue weighted by molar-refractivity contribution is 7.89. The number of benzene rings is 1. The van der Waals surface area contributed by atoms with Crippen LogP contribution in [0.1, 0.15) is 31.2 Å². The summed E-state index contributed by atoms with van der Waals surface area (Å²) in [6, 6.07) is 9.67. The average Bonchev–Trinajstić information content (AvgIpc) is 2.97. The molecule has 1 saturated heterocycles. The van der Waals surface area contributed by atoms with Gasteiger partial charge in [-0.2, -0.15) is 0 Å². The fourth-order valence-corrected chi connectivity index (χ4v) is 5.03. The molecule has 2 aromatic rings. The van der Waals surface area contributed by atoms with Gasteiger partial charge >= 0.3 is 0 Å². The van der Waals surface area contributed by atoms with Crippen LogP contribution in [-0.4, -0.2) is 31.9 Å². The van der Waals surface area contributed by atoms with E-state index in [0.29, 0.717) is 0 Å². The maximum absolute atomic E-state index is 12.4. The minimum atomic E-state index is -3.37. The number of aromatic nitrogens is 1. The largest absolute Gasteiger partial charge is 0.377 e. The van der Waals surface area contributed by atoms with Crippen molar-refractivity contribution >= 4 is 20.9 Å². The number of para-hydroxylation sites is 1. The van der Waals surface area contributed by atoms with E-state index in [-0.39, 0.29) is 23.8 Å². The van der Waals surface area contributed by atoms with E-state index in [1.807, 2.05) is 30.3 Å². The first-order valence-electron chi connectivity index (χ1n) is 8.47. The molecule has 0 radical (unpaired) electrons. The van der Waals surface area contributed by atoms with Crippen LogP contribution in [0, 0.1) is 5.41 Å². The quantitative estimate of drug-likeness (QED) is 0.904. The number of rotatable bonds is 5. The molecule has 24 heavy (non-hydrogen) atoms. The van der Waals surface area contributed by atoms with E-state index in [1.165, 1.54) is 19.3 Å². The third-order valence-electron chi connectivity index (χ3n) is 5.30. The van der Waals surface area contributed by atoms with Crippen LogP contribution in [0.4, 0.5) is 0 Å². The van der Waals surface area contributed by atoms with Crippen molar-refractivity contribution < 1.29 is 13.2 Å². The van der Waals surface area contributed by atoms with Gasteiger partial charge in [-0.05, 0) is 36.3 Å². The molecule has 2 heterocycles. The molecule has 0 amide bonds. The number of sulfonamides is 1. The summed E-state index contributed by atoms with van der Waals surface area (Å²) in [7, 11) is -3.37. The van der Waals surface area contributed by atoms with Crippen molar-refractivity contribution in [2.45, 2.75) is 38.3 Å². The number of hydrogen-bond acceptors (Lipinski definition) is 4. The molecule has 1 spiro atoms. The second-order valence-corrected chi connectivity index (χ2v) is 8.94. The van der Waals surface area contributed by atoms with Gasteiger partial charge in [0.2, 0.25) is 10.0 Å². The van der Waals surface area contributed by atoms with Crippen LogP contribution in [0.2, 0.25) is 0 Å². The number of pyridine rings is 1.